The van der Waals surface area contributed by atoms with Gasteiger partial charge in [0.1, 0.15) is 6.07 Å². The second-order valence-corrected chi connectivity index (χ2v) is 2.68. The van der Waals surface area contributed by atoms with E-state index in [1.807, 2.05) is 6.07 Å². The standard InChI is InChI=1S/C9H11N5/c1-14(9(11)13-12)8-5-3-2-4-7(8)6-10/h2-5H,12H2,1H3,(H2,11,13). The Kier molecular flexibility index (Phi) is 2.92. The monoisotopic (exact) mass is 189 g/mol. The maximum absolute atomic E-state index is 8.83. The first-order valence-electron chi connectivity index (χ1n) is 3.97. The van der Waals surface area contributed by atoms with Crippen LogP contribution in [0.1, 0.15) is 5.56 Å². The fourth-order valence-corrected chi connectivity index (χ4v) is 1.07. The van der Waals surface area contributed by atoms with Gasteiger partial charge in [0.05, 0.1) is 11.3 Å². The number of nitrogens with zero attached hydrogens (tertiary/aromatic N) is 3. The van der Waals surface area contributed by atoms with Crippen LogP contribution in [0.25, 0.3) is 0 Å². The summed E-state index contributed by atoms with van der Waals surface area (Å²) >= 11 is 0. The van der Waals surface area contributed by atoms with E-state index in [0.717, 1.165) is 0 Å². The highest BCUT2D eigenvalue weighted by Crippen LogP contribution is 2.17. The van der Waals surface area contributed by atoms with E-state index in [-0.39, 0.29) is 5.96 Å². The van der Waals surface area contributed by atoms with Gasteiger partial charge in [0, 0.05) is 7.05 Å². The third-order valence-electron chi connectivity index (χ3n) is 1.86. The first kappa shape index (κ1) is 9.86. The van der Waals surface area contributed by atoms with Gasteiger partial charge in [-0.25, -0.2) is 0 Å². The van der Waals surface area contributed by atoms with E-state index in [2.05, 4.69) is 11.2 Å². The Morgan fingerprint density at radius 3 is 2.71 bits per heavy atom. The van der Waals surface area contributed by atoms with Crippen molar-refractivity contribution in [1.82, 2.24) is 0 Å². The van der Waals surface area contributed by atoms with Crippen LogP contribution in [0.5, 0.6) is 0 Å². The zero-order chi connectivity index (χ0) is 10.6. The largest absolute Gasteiger partial charge is 0.368 e. The van der Waals surface area contributed by atoms with Crippen LogP contribution in [0.2, 0.25) is 0 Å². The van der Waals surface area contributed by atoms with Crippen LogP contribution in [0.15, 0.2) is 29.4 Å². The Hall–Kier alpha value is -2.22. The molecule has 0 bridgehead atoms. The molecular weight excluding hydrogens is 178 g/mol. The molecule has 0 aliphatic heterocycles. The molecule has 0 aliphatic carbocycles. The number of nitrogens with two attached hydrogens (primary N) is 2. The molecule has 1 rings (SSSR count). The number of anilines is 1. The van der Waals surface area contributed by atoms with Crippen molar-refractivity contribution >= 4 is 11.6 Å². The second-order valence-electron chi connectivity index (χ2n) is 2.68. The third kappa shape index (κ3) is 1.75. The van der Waals surface area contributed by atoms with Crippen LogP contribution < -0.4 is 16.5 Å². The van der Waals surface area contributed by atoms with Crippen LogP contribution in [-0.4, -0.2) is 13.0 Å². The van der Waals surface area contributed by atoms with Gasteiger partial charge in [0.2, 0.25) is 5.96 Å². The number of nitriles is 1. The van der Waals surface area contributed by atoms with Crippen molar-refractivity contribution in [3.63, 3.8) is 0 Å². The first-order chi connectivity index (χ1) is 6.70. The zero-order valence-electron chi connectivity index (χ0n) is 7.81. The summed E-state index contributed by atoms with van der Waals surface area (Å²) in [5.74, 6) is 5.20. The van der Waals surface area contributed by atoms with E-state index in [9.17, 15) is 0 Å². The molecule has 1 aromatic rings. The normalized spacial score (nSPS) is 10.7. The highest BCUT2D eigenvalue weighted by atomic mass is 15.3. The minimum absolute atomic E-state index is 0.160. The molecule has 5 nitrogen and oxygen atoms in total. The molecule has 0 spiro atoms. The van der Waals surface area contributed by atoms with Crippen LogP contribution >= 0.6 is 0 Å². The quantitative estimate of drug-likeness (QED) is 0.285. The number of hydrogen-bond acceptors (Lipinski definition) is 3. The van der Waals surface area contributed by atoms with Gasteiger partial charge in [-0.2, -0.15) is 5.26 Å². The van der Waals surface area contributed by atoms with Crippen molar-refractivity contribution in [2.75, 3.05) is 11.9 Å². The average Bonchev–Trinajstić information content (AvgIpc) is 2.26. The highest BCUT2D eigenvalue weighted by Gasteiger charge is 2.08. The predicted molar refractivity (Wildman–Crippen MR) is 55.4 cm³/mol. The Balaban J connectivity index is 3.14. The summed E-state index contributed by atoms with van der Waals surface area (Å²) in [7, 11) is 1.70. The molecule has 1 aromatic carbocycles. The molecule has 4 N–H and O–H groups in total. The molecule has 0 unspecified atom stereocenters. The fraction of sp³-hybridized carbons (Fsp3) is 0.111. The highest BCUT2D eigenvalue weighted by molar-refractivity contribution is 5.95. The summed E-state index contributed by atoms with van der Waals surface area (Å²) in [6.45, 7) is 0. The van der Waals surface area contributed by atoms with Crippen LogP contribution in [0.3, 0.4) is 0 Å². The Morgan fingerprint density at radius 1 is 1.50 bits per heavy atom. The SMILES string of the molecule is CN(C(N)=NN)c1ccccc1C#N. The van der Waals surface area contributed by atoms with Gasteiger partial charge in [0.25, 0.3) is 0 Å². The molecule has 72 valence electrons. The lowest BCUT2D eigenvalue weighted by Crippen LogP contribution is -2.35. The Labute approximate surface area is 82.2 Å². The third-order valence-corrected chi connectivity index (χ3v) is 1.86. The van der Waals surface area contributed by atoms with Gasteiger partial charge in [-0.05, 0) is 12.1 Å². The van der Waals surface area contributed by atoms with Gasteiger partial charge in [-0.1, -0.05) is 12.1 Å². The Morgan fingerprint density at radius 2 is 2.14 bits per heavy atom. The van der Waals surface area contributed by atoms with Crippen molar-refractivity contribution in [1.29, 1.82) is 5.26 Å². The average molecular weight is 189 g/mol. The summed E-state index contributed by atoms with van der Waals surface area (Å²) in [5.41, 5.74) is 6.72. The van der Waals surface area contributed by atoms with Crippen molar-refractivity contribution in [3.8, 4) is 6.07 Å². The lowest BCUT2D eigenvalue weighted by Gasteiger charge is -2.18. The van der Waals surface area contributed by atoms with Crippen LogP contribution in [0, 0.1) is 11.3 Å². The minimum atomic E-state index is 0.160. The molecule has 0 saturated heterocycles. The van der Waals surface area contributed by atoms with Gasteiger partial charge >= 0.3 is 0 Å². The molecular formula is C9H11N5. The molecule has 0 heterocycles. The van der Waals surface area contributed by atoms with Crippen LogP contribution in [0.4, 0.5) is 5.69 Å². The number of para-hydroxylation sites is 1. The van der Waals surface area contributed by atoms with E-state index in [1.54, 1.807) is 30.1 Å². The number of benzene rings is 1. The van der Waals surface area contributed by atoms with Gasteiger partial charge < -0.3 is 16.5 Å². The second kappa shape index (κ2) is 4.14. The minimum Gasteiger partial charge on any atom is -0.368 e. The van der Waals surface area contributed by atoms with Gasteiger partial charge in [-0.15, -0.1) is 5.10 Å². The van der Waals surface area contributed by atoms with Crippen molar-refractivity contribution < 1.29 is 0 Å². The topological polar surface area (TPSA) is 91.4 Å². The maximum Gasteiger partial charge on any atom is 0.217 e. The molecule has 0 amide bonds. The predicted octanol–water partition coefficient (Wildman–Crippen LogP) is 0.183. The lowest BCUT2D eigenvalue weighted by molar-refractivity contribution is 1.14. The summed E-state index contributed by atoms with van der Waals surface area (Å²) < 4.78 is 0. The summed E-state index contributed by atoms with van der Waals surface area (Å²) in [6, 6.07) is 9.14. The molecule has 0 aliphatic rings. The molecule has 5 heteroatoms. The first-order valence-corrected chi connectivity index (χ1v) is 3.97. The van der Waals surface area contributed by atoms with E-state index in [4.69, 9.17) is 16.8 Å². The van der Waals surface area contributed by atoms with Gasteiger partial charge in [-0.3, -0.25) is 0 Å². The van der Waals surface area contributed by atoms with E-state index in [0.29, 0.717) is 11.3 Å². The van der Waals surface area contributed by atoms with Crippen molar-refractivity contribution in [2.45, 2.75) is 0 Å². The number of guanidine groups is 1. The molecule has 0 atom stereocenters. The lowest BCUT2D eigenvalue weighted by atomic mass is 10.2. The van der Waals surface area contributed by atoms with E-state index in [1.165, 1.54) is 0 Å². The molecule has 0 fully saturated rings. The molecule has 0 aromatic heterocycles. The molecule has 14 heavy (non-hydrogen) atoms. The summed E-state index contributed by atoms with van der Waals surface area (Å²) in [6.07, 6.45) is 0. The van der Waals surface area contributed by atoms with E-state index >= 15 is 0 Å². The molecule has 0 saturated carbocycles. The van der Waals surface area contributed by atoms with Gasteiger partial charge in [0.15, 0.2) is 0 Å². The smallest absolute Gasteiger partial charge is 0.217 e. The number of rotatable bonds is 1. The zero-order valence-corrected chi connectivity index (χ0v) is 7.81. The van der Waals surface area contributed by atoms with Crippen molar-refractivity contribution in [2.24, 2.45) is 16.7 Å². The fourth-order valence-electron chi connectivity index (χ4n) is 1.07. The number of hydrogen-bond donors (Lipinski definition) is 2. The summed E-state index contributed by atoms with van der Waals surface area (Å²) in [4.78, 5) is 1.55. The van der Waals surface area contributed by atoms with Crippen molar-refractivity contribution in [3.05, 3.63) is 29.8 Å². The Bertz CT molecular complexity index is 390. The maximum atomic E-state index is 8.83. The summed E-state index contributed by atoms with van der Waals surface area (Å²) in [5, 5.41) is 12.2. The number of hydrazone groups is 1. The van der Waals surface area contributed by atoms with Crippen LogP contribution in [-0.2, 0) is 0 Å². The van der Waals surface area contributed by atoms with E-state index < -0.39 is 0 Å². The molecule has 0 radical (unpaired) electrons.